The number of carbonyl (C=O) groups is 1. The molecule has 0 N–H and O–H groups in total. The van der Waals surface area contributed by atoms with Crippen molar-refractivity contribution < 1.29 is 9.53 Å². The van der Waals surface area contributed by atoms with Gasteiger partial charge in [-0.1, -0.05) is 74.5 Å². The second-order valence-corrected chi connectivity index (χ2v) is 8.53. The molecule has 1 aliphatic rings. The van der Waals surface area contributed by atoms with E-state index < -0.39 is 5.60 Å². The summed E-state index contributed by atoms with van der Waals surface area (Å²) in [7, 11) is 0. The largest absolute Gasteiger partial charge is 0.442 e. The Morgan fingerprint density at radius 1 is 1.00 bits per heavy atom. The molecule has 1 unspecified atom stereocenters. The van der Waals surface area contributed by atoms with E-state index in [0.29, 0.717) is 12.5 Å². The Balaban J connectivity index is 2.02. The van der Waals surface area contributed by atoms with Crippen LogP contribution in [0.15, 0.2) is 66.7 Å². The van der Waals surface area contributed by atoms with Crippen molar-refractivity contribution in [3.63, 3.8) is 0 Å². The fourth-order valence-corrected chi connectivity index (χ4v) is 3.41. The molecule has 0 spiro atoms. The quantitative estimate of drug-likeness (QED) is 0.682. The van der Waals surface area contributed by atoms with E-state index >= 15 is 0 Å². The van der Waals surface area contributed by atoms with Gasteiger partial charge in [-0.3, -0.25) is 0 Å². The Kier molecular flexibility index (Phi) is 5.90. The van der Waals surface area contributed by atoms with Gasteiger partial charge in [-0.2, -0.15) is 5.01 Å². The van der Waals surface area contributed by atoms with Crippen molar-refractivity contribution in [2.45, 2.75) is 52.8 Å². The van der Waals surface area contributed by atoms with E-state index in [-0.39, 0.29) is 12.1 Å². The Labute approximate surface area is 168 Å². The maximum Gasteiger partial charge on any atom is 0.429 e. The van der Waals surface area contributed by atoms with Crippen molar-refractivity contribution in [1.82, 2.24) is 10.0 Å². The Bertz CT molecular complexity index is 823. The van der Waals surface area contributed by atoms with Gasteiger partial charge in [-0.05, 0) is 43.9 Å². The molecule has 148 valence electrons. The lowest BCUT2D eigenvalue weighted by molar-refractivity contribution is -0.0336. The van der Waals surface area contributed by atoms with Crippen LogP contribution in [-0.2, 0) is 11.3 Å². The highest BCUT2D eigenvalue weighted by Gasteiger charge is 2.40. The molecule has 0 saturated heterocycles. The van der Waals surface area contributed by atoms with Gasteiger partial charge in [-0.25, -0.2) is 9.80 Å². The van der Waals surface area contributed by atoms with E-state index in [1.54, 1.807) is 5.01 Å². The van der Waals surface area contributed by atoms with Crippen LogP contribution in [0, 0.1) is 5.92 Å². The molecule has 1 amide bonds. The first kappa shape index (κ1) is 20.2. The van der Waals surface area contributed by atoms with E-state index in [1.165, 1.54) is 0 Å². The summed E-state index contributed by atoms with van der Waals surface area (Å²) >= 11 is 0. The van der Waals surface area contributed by atoms with Crippen LogP contribution in [0.25, 0.3) is 5.70 Å². The fourth-order valence-electron chi connectivity index (χ4n) is 3.41. The summed E-state index contributed by atoms with van der Waals surface area (Å²) in [4.78, 5) is 13.2. The molecular formula is C24H30N2O2. The van der Waals surface area contributed by atoms with Crippen LogP contribution in [0.3, 0.4) is 0 Å². The monoisotopic (exact) mass is 378 g/mol. The molecular weight excluding hydrogens is 348 g/mol. The summed E-state index contributed by atoms with van der Waals surface area (Å²) < 4.78 is 5.77. The predicted octanol–water partition coefficient (Wildman–Crippen LogP) is 5.72. The third-order valence-corrected chi connectivity index (χ3v) is 4.66. The molecule has 0 aromatic heterocycles. The zero-order chi connectivity index (χ0) is 20.3. The van der Waals surface area contributed by atoms with Crippen molar-refractivity contribution in [1.29, 1.82) is 0 Å². The minimum atomic E-state index is -0.562. The molecule has 0 saturated carbocycles. The van der Waals surface area contributed by atoms with Crippen LogP contribution in [0.5, 0.6) is 0 Å². The molecule has 0 radical (unpaired) electrons. The smallest absolute Gasteiger partial charge is 0.429 e. The van der Waals surface area contributed by atoms with Crippen molar-refractivity contribution in [2.24, 2.45) is 5.92 Å². The standard InChI is InChI=1S/C24H30N2O2/c1-18(2)21-16-22(20-14-10-7-11-15-20)26(23(27)28-24(3,4)5)25(21)17-19-12-8-6-9-13-19/h6-16,18,21H,17H2,1-5H3. The number of benzene rings is 2. The third kappa shape index (κ3) is 4.63. The summed E-state index contributed by atoms with van der Waals surface area (Å²) in [6.45, 7) is 10.7. The molecule has 0 fully saturated rings. The van der Waals surface area contributed by atoms with E-state index in [2.05, 4.69) is 37.1 Å². The average molecular weight is 379 g/mol. The summed E-state index contributed by atoms with van der Waals surface area (Å²) in [6.07, 6.45) is 1.84. The first-order chi connectivity index (χ1) is 13.3. The molecule has 28 heavy (non-hydrogen) atoms. The number of nitrogens with zero attached hydrogens (tertiary/aromatic N) is 2. The maximum absolute atomic E-state index is 13.2. The lowest BCUT2D eigenvalue weighted by atomic mass is 10.0. The van der Waals surface area contributed by atoms with Crippen LogP contribution >= 0.6 is 0 Å². The molecule has 0 bridgehead atoms. The lowest BCUT2D eigenvalue weighted by Crippen LogP contribution is -2.48. The highest BCUT2D eigenvalue weighted by Crippen LogP contribution is 2.35. The fraction of sp³-hybridized carbons (Fsp3) is 0.375. The summed E-state index contributed by atoms with van der Waals surface area (Å²) in [6, 6.07) is 20.4. The number of amides is 1. The SMILES string of the molecule is CC(C)C1C=C(c2ccccc2)N(C(=O)OC(C)(C)C)N1Cc1ccccc1. The topological polar surface area (TPSA) is 32.8 Å². The molecule has 4 nitrogen and oxygen atoms in total. The first-order valence-corrected chi connectivity index (χ1v) is 9.87. The summed E-state index contributed by atoms with van der Waals surface area (Å²) in [5.41, 5.74) is 2.48. The molecule has 1 heterocycles. The second-order valence-electron chi connectivity index (χ2n) is 8.53. The van der Waals surface area contributed by atoms with Crippen LogP contribution < -0.4 is 0 Å². The van der Waals surface area contributed by atoms with Gasteiger partial charge in [0.05, 0.1) is 11.7 Å². The zero-order valence-corrected chi connectivity index (χ0v) is 17.4. The predicted molar refractivity (Wildman–Crippen MR) is 113 cm³/mol. The first-order valence-electron chi connectivity index (χ1n) is 9.87. The molecule has 0 aliphatic carbocycles. The van der Waals surface area contributed by atoms with Gasteiger partial charge in [0.15, 0.2) is 0 Å². The number of hydrazine groups is 1. The number of carbonyl (C=O) groups excluding carboxylic acids is 1. The van der Waals surface area contributed by atoms with Crippen molar-refractivity contribution in [3.05, 3.63) is 77.9 Å². The zero-order valence-electron chi connectivity index (χ0n) is 17.4. The normalized spacial score (nSPS) is 17.7. The second kappa shape index (κ2) is 8.19. The molecule has 4 heteroatoms. The Morgan fingerprint density at radius 3 is 2.11 bits per heavy atom. The third-order valence-electron chi connectivity index (χ3n) is 4.66. The van der Waals surface area contributed by atoms with Gasteiger partial charge in [0, 0.05) is 6.54 Å². The highest BCUT2D eigenvalue weighted by atomic mass is 16.6. The van der Waals surface area contributed by atoms with E-state index in [0.717, 1.165) is 16.8 Å². The van der Waals surface area contributed by atoms with Crippen LogP contribution in [0.1, 0.15) is 45.7 Å². The Hall–Kier alpha value is -2.59. The number of ether oxygens (including phenoxy) is 1. The van der Waals surface area contributed by atoms with Gasteiger partial charge in [0.25, 0.3) is 0 Å². The lowest BCUT2D eigenvalue weighted by Gasteiger charge is -2.36. The van der Waals surface area contributed by atoms with Gasteiger partial charge < -0.3 is 4.74 Å². The summed E-state index contributed by atoms with van der Waals surface area (Å²) in [5.74, 6) is 0.342. The number of hydrogen-bond acceptors (Lipinski definition) is 3. The van der Waals surface area contributed by atoms with E-state index in [1.807, 2.05) is 69.3 Å². The molecule has 3 rings (SSSR count). The summed E-state index contributed by atoms with van der Waals surface area (Å²) in [5, 5.41) is 3.84. The molecule has 1 atom stereocenters. The molecule has 2 aromatic rings. The van der Waals surface area contributed by atoms with Gasteiger partial charge in [0.1, 0.15) is 5.60 Å². The highest BCUT2D eigenvalue weighted by molar-refractivity contribution is 5.83. The molecule has 1 aliphatic heterocycles. The minimum Gasteiger partial charge on any atom is -0.442 e. The molecule has 2 aromatic carbocycles. The number of rotatable bonds is 4. The van der Waals surface area contributed by atoms with Gasteiger partial charge in [0.2, 0.25) is 0 Å². The minimum absolute atomic E-state index is 0.0999. The number of hydrogen-bond donors (Lipinski definition) is 0. The van der Waals surface area contributed by atoms with Crippen molar-refractivity contribution >= 4 is 11.8 Å². The van der Waals surface area contributed by atoms with Crippen LogP contribution in [-0.4, -0.2) is 27.8 Å². The van der Waals surface area contributed by atoms with Crippen molar-refractivity contribution in [2.75, 3.05) is 0 Å². The van der Waals surface area contributed by atoms with Crippen LogP contribution in [0.2, 0.25) is 0 Å². The van der Waals surface area contributed by atoms with E-state index in [9.17, 15) is 4.79 Å². The van der Waals surface area contributed by atoms with Gasteiger partial charge in [-0.15, -0.1) is 0 Å². The van der Waals surface area contributed by atoms with E-state index in [4.69, 9.17) is 4.74 Å². The average Bonchev–Trinajstić information content (AvgIpc) is 3.01. The van der Waals surface area contributed by atoms with Crippen molar-refractivity contribution in [3.8, 4) is 0 Å². The maximum atomic E-state index is 13.2. The van der Waals surface area contributed by atoms with Gasteiger partial charge >= 0.3 is 6.09 Å². The Morgan fingerprint density at radius 2 is 1.57 bits per heavy atom. The van der Waals surface area contributed by atoms with Crippen LogP contribution in [0.4, 0.5) is 4.79 Å².